The number of nitro groups is 1. The van der Waals surface area contributed by atoms with Gasteiger partial charge >= 0.3 is 0 Å². The van der Waals surface area contributed by atoms with Crippen molar-refractivity contribution in [2.24, 2.45) is 5.92 Å². The van der Waals surface area contributed by atoms with E-state index >= 15 is 0 Å². The largest absolute Gasteiger partial charge is 0.371 e. The quantitative estimate of drug-likeness (QED) is 0.533. The molecule has 9 nitrogen and oxygen atoms in total. The second-order valence-electron chi connectivity index (χ2n) is 9.12. The summed E-state index contributed by atoms with van der Waals surface area (Å²) < 4.78 is 0. The molecule has 2 amide bonds. The first-order valence-electron chi connectivity index (χ1n) is 11.8. The molecule has 0 unspecified atom stereocenters. The third kappa shape index (κ3) is 5.30. The van der Waals surface area contributed by atoms with Crippen LogP contribution >= 0.6 is 0 Å². The van der Waals surface area contributed by atoms with E-state index in [0.29, 0.717) is 30.3 Å². The van der Waals surface area contributed by atoms with Crippen LogP contribution in [0.3, 0.4) is 0 Å². The molecule has 2 heterocycles. The second kappa shape index (κ2) is 10.1. The average molecular weight is 466 g/mol. The number of nitro benzene ring substituents is 1. The van der Waals surface area contributed by atoms with Crippen molar-refractivity contribution in [2.75, 3.05) is 54.4 Å². The number of benzene rings is 2. The van der Waals surface area contributed by atoms with Crippen molar-refractivity contribution in [2.45, 2.75) is 26.7 Å². The summed E-state index contributed by atoms with van der Waals surface area (Å²) in [7, 11) is 0. The summed E-state index contributed by atoms with van der Waals surface area (Å²) >= 11 is 0. The third-order valence-corrected chi connectivity index (χ3v) is 6.78. The number of piperazine rings is 1. The Kier molecular flexibility index (Phi) is 7.00. The van der Waals surface area contributed by atoms with Crippen molar-refractivity contribution in [1.29, 1.82) is 0 Å². The number of hydrogen-bond acceptors (Lipinski definition) is 6. The molecule has 2 fully saturated rings. The lowest BCUT2D eigenvalue weighted by molar-refractivity contribution is -0.384. The molecule has 1 N–H and O–H groups in total. The van der Waals surface area contributed by atoms with Gasteiger partial charge in [-0.3, -0.25) is 19.7 Å². The molecule has 2 saturated heterocycles. The molecule has 180 valence electrons. The molecule has 0 aromatic heterocycles. The number of rotatable bonds is 5. The van der Waals surface area contributed by atoms with Gasteiger partial charge in [0, 0.05) is 69.7 Å². The van der Waals surface area contributed by atoms with Gasteiger partial charge in [-0.2, -0.15) is 0 Å². The SMILES string of the molecule is CC(=O)N1CCN(c2ccc(NC(=O)c3cc([N+](=O)[O-])ccc3N3CCC(C)CC3)cc2)CC1. The third-order valence-electron chi connectivity index (χ3n) is 6.78. The number of carbonyl (C=O) groups is 2. The molecule has 4 rings (SSSR count). The summed E-state index contributed by atoms with van der Waals surface area (Å²) in [5.41, 5.74) is 2.60. The van der Waals surface area contributed by atoms with Crippen LogP contribution in [0.4, 0.5) is 22.7 Å². The van der Waals surface area contributed by atoms with E-state index in [4.69, 9.17) is 0 Å². The zero-order valence-electron chi connectivity index (χ0n) is 19.7. The highest BCUT2D eigenvalue weighted by atomic mass is 16.6. The number of hydrogen-bond donors (Lipinski definition) is 1. The molecule has 2 aromatic rings. The van der Waals surface area contributed by atoms with Gasteiger partial charge in [0.1, 0.15) is 0 Å². The van der Waals surface area contributed by atoms with E-state index in [1.807, 2.05) is 29.2 Å². The first kappa shape index (κ1) is 23.5. The van der Waals surface area contributed by atoms with Crippen molar-refractivity contribution >= 4 is 34.6 Å². The molecule has 0 atom stereocenters. The first-order valence-corrected chi connectivity index (χ1v) is 11.8. The highest BCUT2D eigenvalue weighted by molar-refractivity contribution is 6.08. The van der Waals surface area contributed by atoms with E-state index in [-0.39, 0.29) is 17.5 Å². The molecule has 2 aromatic carbocycles. The molecule has 0 bridgehead atoms. The number of anilines is 3. The minimum atomic E-state index is -0.473. The summed E-state index contributed by atoms with van der Waals surface area (Å²) in [6, 6.07) is 12.1. The van der Waals surface area contributed by atoms with Crippen molar-refractivity contribution in [1.82, 2.24) is 4.90 Å². The van der Waals surface area contributed by atoms with Crippen LogP contribution in [0.1, 0.15) is 37.0 Å². The van der Waals surface area contributed by atoms with Gasteiger partial charge in [0.05, 0.1) is 16.2 Å². The van der Waals surface area contributed by atoms with Crippen LogP contribution in [0, 0.1) is 16.0 Å². The Hall–Kier alpha value is -3.62. The maximum atomic E-state index is 13.2. The molecule has 2 aliphatic heterocycles. The Morgan fingerprint density at radius 2 is 1.59 bits per heavy atom. The monoisotopic (exact) mass is 465 g/mol. The molecule has 0 spiro atoms. The molecule has 0 aliphatic carbocycles. The standard InChI is InChI=1S/C25H31N5O4/c1-18-9-11-29(12-10-18)24-8-7-22(30(33)34)17-23(24)25(32)26-20-3-5-21(6-4-20)28-15-13-27(14-16-28)19(2)31/h3-8,17-18H,9-16H2,1-2H3,(H,26,32). The molecule has 0 saturated carbocycles. The summed E-state index contributed by atoms with van der Waals surface area (Å²) in [5, 5.41) is 14.2. The fraction of sp³-hybridized carbons (Fsp3) is 0.440. The molecular weight excluding hydrogens is 434 g/mol. The van der Waals surface area contributed by atoms with Crippen LogP contribution in [-0.2, 0) is 4.79 Å². The summed E-state index contributed by atoms with van der Waals surface area (Å²) in [6.45, 7) is 8.36. The Morgan fingerprint density at radius 3 is 2.18 bits per heavy atom. The molecular formula is C25H31N5O4. The number of amides is 2. The Morgan fingerprint density at radius 1 is 0.941 bits per heavy atom. The average Bonchev–Trinajstić information content (AvgIpc) is 2.84. The lowest BCUT2D eigenvalue weighted by atomic mass is 9.98. The van der Waals surface area contributed by atoms with Gasteiger partial charge in [-0.05, 0) is 49.1 Å². The van der Waals surface area contributed by atoms with E-state index < -0.39 is 4.92 Å². The van der Waals surface area contributed by atoms with Crippen molar-refractivity contribution < 1.29 is 14.5 Å². The van der Waals surface area contributed by atoms with E-state index in [1.165, 1.54) is 12.1 Å². The fourth-order valence-electron chi connectivity index (χ4n) is 4.58. The van der Waals surface area contributed by atoms with Gasteiger partial charge in [-0.1, -0.05) is 6.92 Å². The van der Waals surface area contributed by atoms with E-state index in [1.54, 1.807) is 13.0 Å². The highest BCUT2D eigenvalue weighted by Gasteiger charge is 2.24. The van der Waals surface area contributed by atoms with Gasteiger partial charge < -0.3 is 20.0 Å². The van der Waals surface area contributed by atoms with Crippen LogP contribution in [0.15, 0.2) is 42.5 Å². The molecule has 2 aliphatic rings. The minimum Gasteiger partial charge on any atom is -0.371 e. The van der Waals surface area contributed by atoms with Gasteiger partial charge in [0.2, 0.25) is 5.91 Å². The topological polar surface area (TPSA) is 99.0 Å². The highest BCUT2D eigenvalue weighted by Crippen LogP contribution is 2.30. The first-order chi connectivity index (χ1) is 16.3. The maximum Gasteiger partial charge on any atom is 0.270 e. The maximum absolute atomic E-state index is 13.2. The van der Waals surface area contributed by atoms with Crippen LogP contribution in [0.5, 0.6) is 0 Å². The van der Waals surface area contributed by atoms with E-state index in [0.717, 1.165) is 50.4 Å². The van der Waals surface area contributed by atoms with Gasteiger partial charge in [0.15, 0.2) is 0 Å². The number of nitrogens with zero attached hydrogens (tertiary/aromatic N) is 4. The zero-order valence-corrected chi connectivity index (χ0v) is 19.7. The van der Waals surface area contributed by atoms with Gasteiger partial charge in [-0.25, -0.2) is 0 Å². The Labute approximate surface area is 199 Å². The number of non-ortho nitro benzene ring substituents is 1. The second-order valence-corrected chi connectivity index (χ2v) is 9.12. The smallest absolute Gasteiger partial charge is 0.270 e. The lowest BCUT2D eigenvalue weighted by Crippen LogP contribution is -2.48. The van der Waals surface area contributed by atoms with Crippen LogP contribution in [0.25, 0.3) is 0 Å². The van der Waals surface area contributed by atoms with E-state index in [9.17, 15) is 19.7 Å². The predicted octanol–water partition coefficient (Wildman–Crippen LogP) is 3.75. The van der Waals surface area contributed by atoms with Gasteiger partial charge in [0.25, 0.3) is 11.6 Å². The molecule has 9 heteroatoms. The summed E-state index contributed by atoms with van der Waals surface area (Å²) in [4.78, 5) is 41.8. The van der Waals surface area contributed by atoms with Crippen LogP contribution in [0.2, 0.25) is 0 Å². The van der Waals surface area contributed by atoms with Crippen molar-refractivity contribution in [3.63, 3.8) is 0 Å². The van der Waals surface area contributed by atoms with Crippen molar-refractivity contribution in [3.05, 3.63) is 58.1 Å². The summed E-state index contributed by atoms with van der Waals surface area (Å²) in [5.74, 6) is 0.368. The fourth-order valence-corrected chi connectivity index (χ4v) is 4.58. The Balaban J connectivity index is 1.48. The normalized spacial score (nSPS) is 16.9. The number of piperidine rings is 1. The lowest BCUT2D eigenvalue weighted by Gasteiger charge is -2.35. The predicted molar refractivity (Wildman–Crippen MR) is 133 cm³/mol. The van der Waals surface area contributed by atoms with Crippen molar-refractivity contribution in [3.8, 4) is 0 Å². The zero-order chi connectivity index (χ0) is 24.2. The molecule has 0 radical (unpaired) electrons. The van der Waals surface area contributed by atoms with Gasteiger partial charge in [-0.15, -0.1) is 0 Å². The van der Waals surface area contributed by atoms with Crippen LogP contribution < -0.4 is 15.1 Å². The summed E-state index contributed by atoms with van der Waals surface area (Å²) in [6.07, 6.45) is 2.06. The number of nitrogens with one attached hydrogen (secondary N) is 1. The van der Waals surface area contributed by atoms with Crippen LogP contribution in [-0.4, -0.2) is 60.9 Å². The van der Waals surface area contributed by atoms with E-state index in [2.05, 4.69) is 22.0 Å². The number of carbonyl (C=O) groups excluding carboxylic acids is 2. The Bertz CT molecular complexity index is 1060. The molecule has 34 heavy (non-hydrogen) atoms. The minimum absolute atomic E-state index is 0.0947.